The highest BCUT2D eigenvalue weighted by molar-refractivity contribution is 9.10. The van der Waals surface area contributed by atoms with E-state index >= 15 is 0 Å². The lowest BCUT2D eigenvalue weighted by atomic mass is 10.1. The van der Waals surface area contributed by atoms with Gasteiger partial charge in [0.25, 0.3) is 0 Å². The van der Waals surface area contributed by atoms with Crippen molar-refractivity contribution >= 4 is 26.9 Å². The standard InChI is InChI=1S/C12H17BrFNOS/c1-8(15-17(16)12(2,3)4)10-7-9(14)5-6-11(10)13/h5-8,15H,1-4H3/t8-,17-/m1/s1. The molecule has 1 aromatic rings. The van der Waals surface area contributed by atoms with Crippen LogP contribution in [0.2, 0.25) is 0 Å². The number of nitrogens with one attached hydrogen (secondary N) is 1. The van der Waals surface area contributed by atoms with Gasteiger partial charge < -0.3 is 0 Å². The Morgan fingerprint density at radius 1 is 1.41 bits per heavy atom. The Labute approximate surface area is 113 Å². The Bertz CT molecular complexity index is 431. The van der Waals surface area contributed by atoms with Crippen LogP contribution >= 0.6 is 15.9 Å². The average molecular weight is 322 g/mol. The largest absolute Gasteiger partial charge is 0.242 e. The smallest absolute Gasteiger partial charge is 0.123 e. The van der Waals surface area contributed by atoms with Crippen LogP contribution in [0.25, 0.3) is 0 Å². The molecule has 0 saturated heterocycles. The summed E-state index contributed by atoms with van der Waals surface area (Å²) in [6, 6.07) is 4.31. The fourth-order valence-electron chi connectivity index (χ4n) is 1.25. The topological polar surface area (TPSA) is 29.1 Å². The molecule has 0 heterocycles. The summed E-state index contributed by atoms with van der Waals surface area (Å²) in [6.07, 6.45) is 0. The minimum atomic E-state index is -1.18. The molecule has 1 rings (SSSR count). The van der Waals surface area contributed by atoms with E-state index in [9.17, 15) is 8.60 Å². The van der Waals surface area contributed by atoms with Crippen LogP contribution in [0.1, 0.15) is 39.3 Å². The van der Waals surface area contributed by atoms with Gasteiger partial charge in [-0.25, -0.2) is 13.3 Å². The van der Waals surface area contributed by atoms with Crippen LogP contribution in [0, 0.1) is 5.82 Å². The van der Waals surface area contributed by atoms with Crippen LogP contribution in [0.15, 0.2) is 22.7 Å². The molecule has 0 unspecified atom stereocenters. The van der Waals surface area contributed by atoms with E-state index in [0.29, 0.717) is 0 Å². The fourth-order valence-corrected chi connectivity index (χ4v) is 2.64. The first kappa shape index (κ1) is 14.8. The van der Waals surface area contributed by atoms with E-state index in [1.54, 1.807) is 6.07 Å². The van der Waals surface area contributed by atoms with E-state index in [1.807, 2.05) is 27.7 Å². The second-order valence-electron chi connectivity index (χ2n) is 4.89. The molecule has 0 spiro atoms. The second-order valence-corrected chi connectivity index (χ2v) is 7.74. The lowest BCUT2D eigenvalue weighted by Crippen LogP contribution is -2.34. The number of halogens is 2. The molecule has 1 N–H and O–H groups in total. The number of rotatable bonds is 3. The molecule has 0 fully saturated rings. The van der Waals surface area contributed by atoms with Gasteiger partial charge in [0.15, 0.2) is 0 Å². The van der Waals surface area contributed by atoms with E-state index in [1.165, 1.54) is 12.1 Å². The maximum absolute atomic E-state index is 13.2. The van der Waals surface area contributed by atoms with Gasteiger partial charge in [0, 0.05) is 10.5 Å². The molecule has 1 aromatic carbocycles. The molecule has 0 aromatic heterocycles. The summed E-state index contributed by atoms with van der Waals surface area (Å²) in [6.45, 7) is 7.54. The van der Waals surface area contributed by atoms with E-state index in [0.717, 1.165) is 10.0 Å². The minimum absolute atomic E-state index is 0.180. The van der Waals surface area contributed by atoms with Crippen LogP contribution in [0.4, 0.5) is 4.39 Å². The van der Waals surface area contributed by atoms with Gasteiger partial charge >= 0.3 is 0 Å². The van der Waals surface area contributed by atoms with E-state index in [-0.39, 0.29) is 16.6 Å². The first-order valence-electron chi connectivity index (χ1n) is 5.35. The molecule has 5 heteroatoms. The summed E-state index contributed by atoms with van der Waals surface area (Å²) >= 11 is 3.37. The summed E-state index contributed by atoms with van der Waals surface area (Å²) in [5.41, 5.74) is 0.766. The first-order valence-corrected chi connectivity index (χ1v) is 7.29. The van der Waals surface area contributed by atoms with Crippen molar-refractivity contribution < 1.29 is 8.60 Å². The van der Waals surface area contributed by atoms with Gasteiger partial charge in [0.1, 0.15) is 5.82 Å². The Hall–Kier alpha value is -0.260. The minimum Gasteiger partial charge on any atom is -0.242 e. The van der Waals surface area contributed by atoms with Gasteiger partial charge in [0.05, 0.1) is 15.7 Å². The van der Waals surface area contributed by atoms with Crippen molar-refractivity contribution in [3.05, 3.63) is 34.1 Å². The predicted octanol–water partition coefficient (Wildman–Crippen LogP) is 3.70. The van der Waals surface area contributed by atoms with Crippen molar-refractivity contribution in [2.24, 2.45) is 0 Å². The summed E-state index contributed by atoms with van der Waals surface area (Å²) in [4.78, 5) is 0. The van der Waals surface area contributed by atoms with E-state index in [2.05, 4.69) is 20.7 Å². The van der Waals surface area contributed by atoms with Crippen molar-refractivity contribution in [2.45, 2.75) is 38.5 Å². The van der Waals surface area contributed by atoms with Crippen molar-refractivity contribution in [1.82, 2.24) is 4.72 Å². The lowest BCUT2D eigenvalue weighted by molar-refractivity contribution is 0.604. The highest BCUT2D eigenvalue weighted by Crippen LogP contribution is 2.25. The summed E-state index contributed by atoms with van der Waals surface area (Å²) in [7, 11) is -1.18. The molecule has 17 heavy (non-hydrogen) atoms. The molecule has 0 radical (unpaired) electrons. The van der Waals surface area contributed by atoms with Gasteiger partial charge in [-0.1, -0.05) is 15.9 Å². The highest BCUT2D eigenvalue weighted by atomic mass is 79.9. The summed E-state index contributed by atoms with van der Waals surface area (Å²) in [5, 5.41) is 0. The predicted molar refractivity (Wildman–Crippen MR) is 73.5 cm³/mol. The van der Waals surface area contributed by atoms with Crippen LogP contribution in [0.5, 0.6) is 0 Å². The van der Waals surface area contributed by atoms with E-state index < -0.39 is 11.0 Å². The second kappa shape index (κ2) is 5.59. The molecule has 2 nitrogen and oxygen atoms in total. The molecule has 0 saturated carbocycles. The Balaban J connectivity index is 2.87. The number of hydrogen-bond donors (Lipinski definition) is 1. The van der Waals surface area contributed by atoms with Gasteiger partial charge in [-0.05, 0) is 51.5 Å². The SMILES string of the molecule is C[C@@H](N[S@](=O)C(C)(C)C)c1cc(F)ccc1Br. The lowest BCUT2D eigenvalue weighted by Gasteiger charge is -2.22. The monoisotopic (exact) mass is 321 g/mol. The Morgan fingerprint density at radius 2 is 2.00 bits per heavy atom. The van der Waals surface area contributed by atoms with E-state index in [4.69, 9.17) is 0 Å². The zero-order valence-corrected chi connectivity index (χ0v) is 12.8. The van der Waals surface area contributed by atoms with Crippen molar-refractivity contribution in [3.63, 3.8) is 0 Å². The van der Waals surface area contributed by atoms with Gasteiger partial charge in [-0.2, -0.15) is 0 Å². The summed E-state index contributed by atoms with van der Waals surface area (Å²) < 4.78 is 28.5. The van der Waals surface area contributed by atoms with Crippen molar-refractivity contribution in [2.75, 3.05) is 0 Å². The Kier molecular flexibility index (Phi) is 4.86. The third kappa shape index (κ3) is 4.16. The van der Waals surface area contributed by atoms with Gasteiger partial charge in [0.2, 0.25) is 0 Å². The molecule has 0 amide bonds. The molecule has 2 atom stereocenters. The van der Waals surface area contributed by atoms with Gasteiger partial charge in [-0.15, -0.1) is 0 Å². The molecule has 96 valence electrons. The molecule has 0 aliphatic heterocycles. The average Bonchev–Trinajstić information content (AvgIpc) is 2.20. The Morgan fingerprint density at radius 3 is 2.53 bits per heavy atom. The molecular weight excluding hydrogens is 305 g/mol. The zero-order valence-electron chi connectivity index (χ0n) is 10.4. The normalized spacial score (nSPS) is 15.6. The number of hydrogen-bond acceptors (Lipinski definition) is 1. The van der Waals surface area contributed by atoms with Crippen molar-refractivity contribution in [1.29, 1.82) is 0 Å². The zero-order chi connectivity index (χ0) is 13.2. The molecule has 0 bridgehead atoms. The summed E-state index contributed by atoms with van der Waals surface area (Å²) in [5.74, 6) is -0.293. The molecule has 0 aliphatic carbocycles. The quantitative estimate of drug-likeness (QED) is 0.903. The third-order valence-corrected chi connectivity index (χ3v) is 4.67. The molecule has 0 aliphatic rings. The van der Waals surface area contributed by atoms with Crippen LogP contribution in [-0.2, 0) is 11.0 Å². The molecular formula is C12H17BrFNOS. The number of benzene rings is 1. The maximum Gasteiger partial charge on any atom is 0.123 e. The third-order valence-electron chi connectivity index (χ3n) is 2.26. The fraction of sp³-hybridized carbons (Fsp3) is 0.500. The van der Waals surface area contributed by atoms with Gasteiger partial charge in [-0.3, -0.25) is 0 Å². The van der Waals surface area contributed by atoms with Crippen LogP contribution in [0.3, 0.4) is 0 Å². The van der Waals surface area contributed by atoms with Crippen LogP contribution in [-0.4, -0.2) is 8.96 Å². The first-order chi connectivity index (χ1) is 7.71. The van der Waals surface area contributed by atoms with Crippen LogP contribution < -0.4 is 4.72 Å². The highest BCUT2D eigenvalue weighted by Gasteiger charge is 2.22. The maximum atomic E-state index is 13.2. The van der Waals surface area contributed by atoms with Crippen molar-refractivity contribution in [3.8, 4) is 0 Å².